The van der Waals surface area contributed by atoms with Crippen LogP contribution in [0.5, 0.6) is 0 Å². The first-order valence-electron chi connectivity index (χ1n) is 11.9. The highest BCUT2D eigenvalue weighted by atomic mass is 16.2. The van der Waals surface area contributed by atoms with E-state index in [0.717, 1.165) is 32.5 Å². The largest absolute Gasteiger partial charge is 0.355 e. The van der Waals surface area contributed by atoms with Crippen molar-refractivity contribution in [3.63, 3.8) is 0 Å². The van der Waals surface area contributed by atoms with E-state index >= 15 is 0 Å². The molecule has 30 heavy (non-hydrogen) atoms. The Morgan fingerprint density at radius 2 is 1.37 bits per heavy atom. The molecule has 1 unspecified atom stereocenters. The molecule has 3 nitrogen and oxygen atoms in total. The van der Waals surface area contributed by atoms with Crippen molar-refractivity contribution in [2.24, 2.45) is 5.41 Å². The SMILES string of the molecule is O=C1NCC(c2ccccc2)C12CCN(C1(c3ccccc3)CCCCCC1)CC2. The van der Waals surface area contributed by atoms with E-state index in [1.54, 1.807) is 0 Å². The third-order valence-corrected chi connectivity index (χ3v) is 8.29. The second-order valence-electron chi connectivity index (χ2n) is 9.63. The van der Waals surface area contributed by atoms with Gasteiger partial charge < -0.3 is 5.32 Å². The van der Waals surface area contributed by atoms with Crippen LogP contribution in [0.25, 0.3) is 0 Å². The number of carbonyl (C=O) groups excluding carboxylic acids is 1. The Bertz CT molecular complexity index is 847. The number of nitrogens with one attached hydrogen (secondary N) is 1. The molecule has 3 aliphatic rings. The monoisotopic (exact) mass is 402 g/mol. The van der Waals surface area contributed by atoms with Crippen LogP contribution in [0.2, 0.25) is 0 Å². The standard InChI is InChI=1S/C27H34N2O/c30-25-26(24(21-28-25)22-11-5-3-6-12-22)17-19-29(20-18-26)27(15-9-1-2-10-16-27)23-13-7-4-8-14-23/h3-8,11-14,24H,1-2,9-10,15-21H2,(H,28,30). The van der Waals surface area contributed by atoms with Gasteiger partial charge in [0.2, 0.25) is 5.91 Å². The first-order chi connectivity index (χ1) is 14.7. The van der Waals surface area contributed by atoms with Crippen LogP contribution in [0.3, 0.4) is 0 Å². The molecular weight excluding hydrogens is 368 g/mol. The number of hydrogen-bond acceptors (Lipinski definition) is 2. The average Bonchev–Trinajstić information content (AvgIpc) is 2.97. The van der Waals surface area contributed by atoms with E-state index in [1.165, 1.54) is 49.7 Å². The van der Waals surface area contributed by atoms with Gasteiger partial charge in [0, 0.05) is 31.1 Å². The molecule has 2 saturated heterocycles. The highest BCUT2D eigenvalue weighted by Gasteiger charge is 2.54. The number of hydrogen-bond donors (Lipinski definition) is 1. The Morgan fingerprint density at radius 1 is 0.767 bits per heavy atom. The van der Waals surface area contributed by atoms with Crippen molar-refractivity contribution in [3.05, 3.63) is 71.8 Å². The van der Waals surface area contributed by atoms with Gasteiger partial charge in [0.15, 0.2) is 0 Å². The van der Waals surface area contributed by atoms with E-state index in [-0.39, 0.29) is 16.9 Å². The van der Waals surface area contributed by atoms with Gasteiger partial charge in [0.05, 0.1) is 5.41 Å². The van der Waals surface area contributed by atoms with Crippen molar-refractivity contribution >= 4 is 5.91 Å². The molecule has 3 fully saturated rings. The molecule has 1 aliphatic carbocycles. The Kier molecular flexibility index (Phi) is 5.41. The van der Waals surface area contributed by atoms with Crippen LogP contribution in [0.4, 0.5) is 0 Å². The van der Waals surface area contributed by atoms with Gasteiger partial charge in [-0.25, -0.2) is 0 Å². The zero-order valence-electron chi connectivity index (χ0n) is 18.0. The van der Waals surface area contributed by atoms with Crippen LogP contribution in [0.15, 0.2) is 60.7 Å². The van der Waals surface area contributed by atoms with Crippen molar-refractivity contribution in [3.8, 4) is 0 Å². The highest BCUT2D eigenvalue weighted by Crippen LogP contribution is 2.51. The summed E-state index contributed by atoms with van der Waals surface area (Å²) in [5.74, 6) is 0.584. The molecule has 1 spiro atoms. The zero-order chi connectivity index (χ0) is 20.4. The summed E-state index contributed by atoms with van der Waals surface area (Å²) < 4.78 is 0. The molecule has 0 radical (unpaired) electrons. The molecule has 1 saturated carbocycles. The molecule has 5 rings (SSSR count). The number of carbonyl (C=O) groups is 1. The maximum Gasteiger partial charge on any atom is 0.227 e. The van der Waals surface area contributed by atoms with Crippen LogP contribution in [-0.2, 0) is 10.3 Å². The normalized spacial score (nSPS) is 26.3. The lowest BCUT2D eigenvalue weighted by molar-refractivity contribution is -0.132. The van der Waals surface area contributed by atoms with Crippen molar-refractivity contribution in [2.75, 3.05) is 19.6 Å². The van der Waals surface area contributed by atoms with Crippen LogP contribution in [0.1, 0.15) is 68.4 Å². The predicted octanol–water partition coefficient (Wildman–Crippen LogP) is 5.23. The van der Waals surface area contributed by atoms with Gasteiger partial charge in [-0.3, -0.25) is 9.69 Å². The van der Waals surface area contributed by atoms with E-state index < -0.39 is 0 Å². The minimum atomic E-state index is -0.236. The van der Waals surface area contributed by atoms with E-state index in [0.29, 0.717) is 5.92 Å². The van der Waals surface area contributed by atoms with Crippen LogP contribution in [0, 0.1) is 5.41 Å². The molecule has 0 bridgehead atoms. The number of amides is 1. The lowest BCUT2D eigenvalue weighted by Crippen LogP contribution is -2.54. The molecule has 158 valence electrons. The van der Waals surface area contributed by atoms with Gasteiger partial charge in [-0.1, -0.05) is 86.3 Å². The second-order valence-corrected chi connectivity index (χ2v) is 9.63. The fraction of sp³-hybridized carbons (Fsp3) is 0.519. The van der Waals surface area contributed by atoms with Gasteiger partial charge in [-0.2, -0.15) is 0 Å². The molecule has 0 aromatic heterocycles. The fourth-order valence-electron chi connectivity index (χ4n) is 6.61. The number of rotatable bonds is 3. The third-order valence-electron chi connectivity index (χ3n) is 8.29. The topological polar surface area (TPSA) is 32.3 Å². The summed E-state index contributed by atoms with van der Waals surface area (Å²) in [7, 11) is 0. The summed E-state index contributed by atoms with van der Waals surface area (Å²) in [6.45, 7) is 2.82. The van der Waals surface area contributed by atoms with E-state index in [9.17, 15) is 4.79 Å². The van der Waals surface area contributed by atoms with Gasteiger partial charge in [0.1, 0.15) is 0 Å². The molecule has 2 aliphatic heterocycles. The molecule has 1 amide bonds. The second kappa shape index (κ2) is 8.19. The average molecular weight is 403 g/mol. The fourth-order valence-corrected chi connectivity index (χ4v) is 6.61. The Morgan fingerprint density at radius 3 is 2.00 bits per heavy atom. The zero-order valence-corrected chi connectivity index (χ0v) is 18.0. The summed E-state index contributed by atoms with van der Waals surface area (Å²) >= 11 is 0. The molecule has 1 atom stereocenters. The first-order valence-corrected chi connectivity index (χ1v) is 11.9. The van der Waals surface area contributed by atoms with E-state index in [1.807, 2.05) is 0 Å². The van der Waals surface area contributed by atoms with Crippen LogP contribution >= 0.6 is 0 Å². The summed E-state index contributed by atoms with van der Waals surface area (Å²) in [6.07, 6.45) is 9.75. The number of nitrogens with zero attached hydrogens (tertiary/aromatic N) is 1. The molecule has 3 heteroatoms. The van der Waals surface area contributed by atoms with Crippen molar-refractivity contribution < 1.29 is 4.79 Å². The van der Waals surface area contributed by atoms with Crippen LogP contribution in [-0.4, -0.2) is 30.4 Å². The Balaban J connectivity index is 1.43. The van der Waals surface area contributed by atoms with Gasteiger partial charge in [0.25, 0.3) is 0 Å². The maximum atomic E-state index is 13.1. The van der Waals surface area contributed by atoms with Crippen molar-refractivity contribution in [1.82, 2.24) is 10.2 Å². The predicted molar refractivity (Wildman–Crippen MR) is 121 cm³/mol. The van der Waals surface area contributed by atoms with Crippen molar-refractivity contribution in [1.29, 1.82) is 0 Å². The van der Waals surface area contributed by atoms with Gasteiger partial charge in [-0.05, 0) is 36.8 Å². The minimum Gasteiger partial charge on any atom is -0.355 e. The molecular formula is C27H34N2O. The molecule has 2 aromatic carbocycles. The van der Waals surface area contributed by atoms with Crippen molar-refractivity contribution in [2.45, 2.75) is 62.8 Å². The Hall–Kier alpha value is -2.13. The maximum absolute atomic E-state index is 13.1. The molecule has 2 aromatic rings. The number of likely N-dealkylation sites (tertiary alicyclic amines) is 1. The highest BCUT2D eigenvalue weighted by molar-refractivity contribution is 5.86. The number of benzene rings is 2. The smallest absolute Gasteiger partial charge is 0.227 e. The minimum absolute atomic E-state index is 0.149. The van der Waals surface area contributed by atoms with Crippen LogP contribution < -0.4 is 5.32 Å². The number of piperidine rings is 1. The first kappa shape index (κ1) is 19.8. The Labute approximate surface area is 180 Å². The molecule has 2 heterocycles. The lowest BCUT2D eigenvalue weighted by Gasteiger charge is -2.50. The molecule has 1 N–H and O–H groups in total. The van der Waals surface area contributed by atoms with E-state index in [2.05, 4.69) is 70.9 Å². The summed E-state index contributed by atoms with van der Waals surface area (Å²) in [4.78, 5) is 15.8. The van der Waals surface area contributed by atoms with Gasteiger partial charge in [-0.15, -0.1) is 0 Å². The summed E-state index contributed by atoms with van der Waals surface area (Å²) in [6, 6.07) is 21.9. The summed E-state index contributed by atoms with van der Waals surface area (Å²) in [5, 5.41) is 3.22. The third kappa shape index (κ3) is 3.28. The lowest BCUT2D eigenvalue weighted by atomic mass is 9.66. The van der Waals surface area contributed by atoms with E-state index in [4.69, 9.17) is 0 Å². The van der Waals surface area contributed by atoms with Gasteiger partial charge >= 0.3 is 0 Å². The quantitative estimate of drug-likeness (QED) is 0.713. The summed E-state index contributed by atoms with van der Waals surface area (Å²) in [5.41, 5.74) is 2.71.